The van der Waals surface area contributed by atoms with Gasteiger partial charge in [0.15, 0.2) is 5.82 Å². The first-order valence-electron chi connectivity index (χ1n) is 6.42. The van der Waals surface area contributed by atoms with Gasteiger partial charge in [0.05, 0.1) is 5.60 Å². The Hall–Kier alpha value is -0.940. The minimum atomic E-state index is -0.0847. The first-order chi connectivity index (χ1) is 8.25. The van der Waals surface area contributed by atoms with Gasteiger partial charge in [0.1, 0.15) is 6.61 Å². The largest absolute Gasteiger partial charge is 0.366 e. The molecule has 0 amide bonds. The Bertz CT molecular complexity index is 381. The number of rotatable bonds is 4. The smallest absolute Gasteiger partial charge is 0.229 e. The summed E-state index contributed by atoms with van der Waals surface area (Å²) >= 11 is 0. The molecule has 5 nitrogen and oxygen atoms in total. The van der Waals surface area contributed by atoms with E-state index in [0.29, 0.717) is 18.3 Å². The fourth-order valence-corrected chi connectivity index (χ4v) is 2.21. The van der Waals surface area contributed by atoms with E-state index in [-0.39, 0.29) is 5.60 Å². The van der Waals surface area contributed by atoms with Crippen molar-refractivity contribution in [1.29, 1.82) is 0 Å². The quantitative estimate of drug-likeness (QED) is 0.862. The van der Waals surface area contributed by atoms with Gasteiger partial charge in [-0.3, -0.25) is 0 Å². The highest BCUT2D eigenvalue weighted by atomic mass is 16.5. The molecule has 2 aliphatic rings. The van der Waals surface area contributed by atoms with Crippen molar-refractivity contribution in [2.75, 3.05) is 13.1 Å². The summed E-state index contributed by atoms with van der Waals surface area (Å²) in [4.78, 5) is 4.36. The van der Waals surface area contributed by atoms with Crippen LogP contribution < -0.4 is 5.32 Å². The SMILES string of the molecule is CC1(OCc2noc(C3CC3)n2)CCCNC1. The molecule has 1 aromatic rings. The average Bonchev–Trinajstić information content (AvgIpc) is 3.07. The minimum absolute atomic E-state index is 0.0847. The molecule has 3 rings (SSSR count). The Morgan fingerprint density at radius 3 is 3.12 bits per heavy atom. The highest BCUT2D eigenvalue weighted by Crippen LogP contribution is 2.38. The molecule has 0 aromatic carbocycles. The number of hydrogen-bond acceptors (Lipinski definition) is 5. The van der Waals surface area contributed by atoms with Crippen LogP contribution in [-0.4, -0.2) is 28.8 Å². The van der Waals surface area contributed by atoms with Crippen LogP contribution in [0.25, 0.3) is 0 Å². The average molecular weight is 237 g/mol. The highest BCUT2D eigenvalue weighted by molar-refractivity contribution is 5.01. The third kappa shape index (κ3) is 2.66. The van der Waals surface area contributed by atoms with E-state index in [1.54, 1.807) is 0 Å². The lowest BCUT2D eigenvalue weighted by molar-refractivity contribution is -0.0600. The molecule has 1 N–H and O–H groups in total. The fraction of sp³-hybridized carbons (Fsp3) is 0.833. The Balaban J connectivity index is 1.55. The molecule has 0 bridgehead atoms. The van der Waals surface area contributed by atoms with Crippen molar-refractivity contribution in [2.45, 2.75) is 50.7 Å². The Kier molecular flexibility index (Phi) is 2.88. The number of hydrogen-bond donors (Lipinski definition) is 1. The van der Waals surface area contributed by atoms with E-state index in [9.17, 15) is 0 Å². The number of ether oxygens (including phenoxy) is 1. The second-order valence-corrected chi connectivity index (χ2v) is 5.34. The van der Waals surface area contributed by atoms with Crippen molar-refractivity contribution < 1.29 is 9.26 Å². The van der Waals surface area contributed by atoms with Crippen molar-refractivity contribution in [3.05, 3.63) is 11.7 Å². The van der Waals surface area contributed by atoms with Gasteiger partial charge in [-0.2, -0.15) is 4.98 Å². The van der Waals surface area contributed by atoms with E-state index < -0.39 is 0 Å². The molecular weight excluding hydrogens is 218 g/mol. The molecule has 17 heavy (non-hydrogen) atoms. The zero-order valence-corrected chi connectivity index (χ0v) is 10.2. The molecule has 1 aliphatic heterocycles. The van der Waals surface area contributed by atoms with Crippen LogP contribution >= 0.6 is 0 Å². The standard InChI is InChI=1S/C12H19N3O2/c1-12(5-2-6-13-8-12)16-7-10-14-11(17-15-10)9-3-4-9/h9,13H,2-8H2,1H3. The first kappa shape index (κ1) is 11.2. The topological polar surface area (TPSA) is 60.2 Å². The van der Waals surface area contributed by atoms with Crippen LogP contribution in [0.5, 0.6) is 0 Å². The van der Waals surface area contributed by atoms with E-state index in [1.807, 2.05) is 0 Å². The Morgan fingerprint density at radius 1 is 1.53 bits per heavy atom. The molecule has 2 fully saturated rings. The van der Waals surface area contributed by atoms with Gasteiger partial charge in [-0.25, -0.2) is 0 Å². The molecule has 2 heterocycles. The van der Waals surface area contributed by atoms with Crippen LogP contribution in [0.2, 0.25) is 0 Å². The summed E-state index contributed by atoms with van der Waals surface area (Å²) in [5.74, 6) is 1.98. The third-order valence-electron chi connectivity index (χ3n) is 3.52. The second-order valence-electron chi connectivity index (χ2n) is 5.34. The van der Waals surface area contributed by atoms with Crippen molar-refractivity contribution in [3.8, 4) is 0 Å². The lowest BCUT2D eigenvalue weighted by Gasteiger charge is -2.33. The Labute approximate surface area is 101 Å². The lowest BCUT2D eigenvalue weighted by atomic mass is 9.96. The molecule has 1 atom stereocenters. The molecule has 5 heteroatoms. The highest BCUT2D eigenvalue weighted by Gasteiger charge is 2.31. The number of nitrogens with zero attached hydrogens (tertiary/aromatic N) is 2. The Morgan fingerprint density at radius 2 is 2.41 bits per heavy atom. The summed E-state index contributed by atoms with van der Waals surface area (Å²) in [6.07, 6.45) is 4.62. The third-order valence-corrected chi connectivity index (χ3v) is 3.52. The van der Waals surface area contributed by atoms with Gasteiger partial charge in [0.25, 0.3) is 0 Å². The van der Waals surface area contributed by atoms with Gasteiger partial charge < -0.3 is 14.6 Å². The van der Waals surface area contributed by atoms with Crippen molar-refractivity contribution >= 4 is 0 Å². The van der Waals surface area contributed by atoms with Crippen LogP contribution in [0, 0.1) is 0 Å². The summed E-state index contributed by atoms with van der Waals surface area (Å²) in [6, 6.07) is 0. The van der Waals surface area contributed by atoms with Gasteiger partial charge in [-0.15, -0.1) is 0 Å². The minimum Gasteiger partial charge on any atom is -0.366 e. The van der Waals surface area contributed by atoms with Gasteiger partial charge in [0.2, 0.25) is 5.89 Å². The predicted octanol–water partition coefficient (Wildman–Crippen LogP) is 1.61. The van der Waals surface area contributed by atoms with Gasteiger partial charge in [-0.1, -0.05) is 5.16 Å². The van der Waals surface area contributed by atoms with Gasteiger partial charge >= 0.3 is 0 Å². The van der Waals surface area contributed by atoms with Crippen LogP contribution in [0.1, 0.15) is 50.2 Å². The van der Waals surface area contributed by atoms with Crippen LogP contribution in [0.15, 0.2) is 4.52 Å². The van der Waals surface area contributed by atoms with Crippen molar-refractivity contribution in [2.24, 2.45) is 0 Å². The number of aromatic nitrogens is 2. The van der Waals surface area contributed by atoms with E-state index in [4.69, 9.17) is 9.26 Å². The molecule has 1 unspecified atom stereocenters. The van der Waals surface area contributed by atoms with Crippen LogP contribution in [0.4, 0.5) is 0 Å². The zero-order chi connectivity index (χ0) is 11.7. The molecular formula is C12H19N3O2. The molecule has 1 aliphatic carbocycles. The van der Waals surface area contributed by atoms with Gasteiger partial charge in [-0.05, 0) is 39.2 Å². The molecule has 0 spiro atoms. The predicted molar refractivity (Wildman–Crippen MR) is 61.6 cm³/mol. The molecule has 1 saturated carbocycles. The fourth-order valence-electron chi connectivity index (χ4n) is 2.21. The maximum Gasteiger partial charge on any atom is 0.229 e. The maximum atomic E-state index is 5.92. The summed E-state index contributed by atoms with van der Waals surface area (Å²) < 4.78 is 11.1. The summed E-state index contributed by atoms with van der Waals surface area (Å²) in [6.45, 7) is 4.59. The summed E-state index contributed by atoms with van der Waals surface area (Å²) in [7, 11) is 0. The van der Waals surface area contributed by atoms with Crippen LogP contribution in [-0.2, 0) is 11.3 Å². The first-order valence-corrected chi connectivity index (χ1v) is 6.42. The van der Waals surface area contributed by atoms with Crippen molar-refractivity contribution in [3.63, 3.8) is 0 Å². The van der Waals surface area contributed by atoms with Crippen LogP contribution in [0.3, 0.4) is 0 Å². The summed E-state index contributed by atoms with van der Waals surface area (Å²) in [5, 5.41) is 7.32. The molecule has 0 radical (unpaired) electrons. The van der Waals surface area contributed by atoms with Gasteiger partial charge in [0, 0.05) is 12.5 Å². The molecule has 94 valence electrons. The zero-order valence-electron chi connectivity index (χ0n) is 10.2. The van der Waals surface area contributed by atoms with E-state index >= 15 is 0 Å². The van der Waals surface area contributed by atoms with E-state index in [0.717, 1.165) is 31.8 Å². The maximum absolute atomic E-state index is 5.92. The molecule has 1 aromatic heterocycles. The number of piperidine rings is 1. The summed E-state index contributed by atoms with van der Waals surface area (Å²) in [5.41, 5.74) is -0.0847. The monoisotopic (exact) mass is 237 g/mol. The second kappa shape index (κ2) is 4.38. The normalized spacial score (nSPS) is 29.5. The van der Waals surface area contributed by atoms with Crippen molar-refractivity contribution in [1.82, 2.24) is 15.5 Å². The van der Waals surface area contributed by atoms with E-state index in [1.165, 1.54) is 12.8 Å². The molecule has 1 saturated heterocycles. The number of nitrogens with one attached hydrogen (secondary N) is 1. The lowest BCUT2D eigenvalue weighted by Crippen LogP contribution is -2.45. The van der Waals surface area contributed by atoms with E-state index in [2.05, 4.69) is 22.4 Å².